The van der Waals surface area contributed by atoms with E-state index in [2.05, 4.69) is 30.7 Å². The minimum Gasteiger partial charge on any atom is -0.396 e. The number of anilines is 1. The maximum absolute atomic E-state index is 5.79. The number of thiazole rings is 1. The number of nitrogens with two attached hydrogens (primary N) is 1. The van der Waals surface area contributed by atoms with Crippen LogP contribution in [-0.2, 0) is 5.41 Å². The summed E-state index contributed by atoms with van der Waals surface area (Å²) in [4.78, 5) is 8.59. The molecule has 0 aliphatic carbocycles. The number of hydrogen-bond donors (Lipinski definition) is 1. The second kappa shape index (κ2) is 2.92. The SMILES string of the molecule is CC(C)(C)c1nc2c(N)cncc2s1. The molecule has 74 valence electrons. The Bertz CT molecular complexity index is 468. The summed E-state index contributed by atoms with van der Waals surface area (Å²) >= 11 is 1.66. The topological polar surface area (TPSA) is 51.8 Å². The number of pyridine rings is 1. The van der Waals surface area contributed by atoms with Crippen LogP contribution in [0.1, 0.15) is 25.8 Å². The first kappa shape index (κ1) is 9.40. The Morgan fingerprint density at radius 2 is 2.00 bits per heavy atom. The molecule has 0 amide bonds. The first-order valence-corrected chi connectivity index (χ1v) is 5.30. The van der Waals surface area contributed by atoms with Gasteiger partial charge in [-0.15, -0.1) is 11.3 Å². The molecule has 14 heavy (non-hydrogen) atoms. The highest BCUT2D eigenvalue weighted by Gasteiger charge is 2.19. The summed E-state index contributed by atoms with van der Waals surface area (Å²) in [6.07, 6.45) is 3.47. The number of nitrogens with zero attached hydrogens (tertiary/aromatic N) is 2. The van der Waals surface area contributed by atoms with Crippen LogP contribution in [0.5, 0.6) is 0 Å². The Morgan fingerprint density at radius 3 is 2.57 bits per heavy atom. The Balaban J connectivity index is 2.69. The van der Waals surface area contributed by atoms with Crippen LogP contribution in [0.15, 0.2) is 12.4 Å². The van der Waals surface area contributed by atoms with E-state index >= 15 is 0 Å². The standard InChI is InChI=1S/C10H13N3S/c1-10(2,3)9-13-8-6(11)4-12-5-7(8)14-9/h4-5H,11H2,1-3H3. The Morgan fingerprint density at radius 1 is 1.29 bits per heavy atom. The van der Waals surface area contributed by atoms with Gasteiger partial charge in [-0.2, -0.15) is 0 Å². The van der Waals surface area contributed by atoms with E-state index in [0.29, 0.717) is 5.69 Å². The molecule has 0 radical (unpaired) electrons. The van der Waals surface area contributed by atoms with Gasteiger partial charge in [0.1, 0.15) is 5.52 Å². The van der Waals surface area contributed by atoms with Crippen LogP contribution in [0, 0.1) is 0 Å². The van der Waals surface area contributed by atoms with Crippen molar-refractivity contribution in [1.29, 1.82) is 0 Å². The van der Waals surface area contributed by atoms with Crippen molar-refractivity contribution in [3.8, 4) is 0 Å². The zero-order chi connectivity index (χ0) is 10.3. The lowest BCUT2D eigenvalue weighted by atomic mass is 9.98. The van der Waals surface area contributed by atoms with Crippen LogP contribution < -0.4 is 5.73 Å². The lowest BCUT2D eigenvalue weighted by Crippen LogP contribution is -2.09. The molecule has 4 heteroatoms. The van der Waals surface area contributed by atoms with Crippen LogP contribution in [0.25, 0.3) is 10.2 Å². The molecule has 0 saturated carbocycles. The third kappa shape index (κ3) is 1.46. The fraction of sp³-hybridized carbons (Fsp3) is 0.400. The van der Waals surface area contributed by atoms with E-state index in [-0.39, 0.29) is 5.41 Å². The van der Waals surface area contributed by atoms with E-state index < -0.39 is 0 Å². The molecular formula is C10H13N3S. The van der Waals surface area contributed by atoms with Crippen LogP contribution in [-0.4, -0.2) is 9.97 Å². The summed E-state index contributed by atoms with van der Waals surface area (Å²) < 4.78 is 1.06. The lowest BCUT2D eigenvalue weighted by molar-refractivity contribution is 0.587. The molecule has 2 rings (SSSR count). The minimum absolute atomic E-state index is 0.0795. The number of nitrogen functional groups attached to an aromatic ring is 1. The Hall–Kier alpha value is -1.16. The molecule has 0 spiro atoms. The van der Waals surface area contributed by atoms with Gasteiger partial charge >= 0.3 is 0 Å². The molecule has 3 nitrogen and oxygen atoms in total. The molecule has 0 atom stereocenters. The normalized spacial score (nSPS) is 12.2. The van der Waals surface area contributed by atoms with Gasteiger partial charge in [0.25, 0.3) is 0 Å². The molecule has 2 heterocycles. The third-order valence-corrected chi connectivity index (χ3v) is 3.39. The van der Waals surface area contributed by atoms with Gasteiger partial charge in [0.2, 0.25) is 0 Å². The van der Waals surface area contributed by atoms with Crippen molar-refractivity contribution in [1.82, 2.24) is 9.97 Å². The van der Waals surface area contributed by atoms with Gasteiger partial charge in [0.05, 0.1) is 21.6 Å². The largest absolute Gasteiger partial charge is 0.396 e. The van der Waals surface area contributed by atoms with E-state index in [4.69, 9.17) is 5.73 Å². The highest BCUT2D eigenvalue weighted by molar-refractivity contribution is 7.18. The highest BCUT2D eigenvalue weighted by atomic mass is 32.1. The van der Waals surface area contributed by atoms with Crippen LogP contribution >= 0.6 is 11.3 Å². The van der Waals surface area contributed by atoms with E-state index in [1.807, 2.05) is 6.20 Å². The minimum atomic E-state index is 0.0795. The van der Waals surface area contributed by atoms with Crippen molar-refractivity contribution in [3.63, 3.8) is 0 Å². The number of rotatable bonds is 0. The van der Waals surface area contributed by atoms with Gasteiger partial charge in [-0.05, 0) is 0 Å². The molecule has 2 aromatic heterocycles. The van der Waals surface area contributed by atoms with Crippen LogP contribution in [0.2, 0.25) is 0 Å². The van der Waals surface area contributed by atoms with Crippen molar-refractivity contribution in [2.45, 2.75) is 26.2 Å². The van der Waals surface area contributed by atoms with Crippen LogP contribution in [0.3, 0.4) is 0 Å². The van der Waals surface area contributed by atoms with Gasteiger partial charge in [-0.3, -0.25) is 4.98 Å². The number of hydrogen-bond acceptors (Lipinski definition) is 4. The first-order chi connectivity index (χ1) is 6.48. The number of aromatic nitrogens is 2. The summed E-state index contributed by atoms with van der Waals surface area (Å²) in [6, 6.07) is 0. The molecule has 0 fully saturated rings. The highest BCUT2D eigenvalue weighted by Crippen LogP contribution is 2.32. The van der Waals surface area contributed by atoms with Gasteiger partial charge in [0, 0.05) is 11.6 Å². The van der Waals surface area contributed by atoms with Crippen molar-refractivity contribution in [3.05, 3.63) is 17.4 Å². The molecule has 2 aromatic rings. The second-order valence-corrected chi connectivity index (χ2v) is 5.38. The van der Waals surface area contributed by atoms with E-state index in [1.165, 1.54) is 0 Å². The fourth-order valence-corrected chi connectivity index (χ4v) is 2.22. The molecule has 0 saturated heterocycles. The van der Waals surface area contributed by atoms with Crippen molar-refractivity contribution in [2.24, 2.45) is 0 Å². The van der Waals surface area contributed by atoms with Gasteiger partial charge < -0.3 is 5.73 Å². The molecular weight excluding hydrogens is 194 g/mol. The zero-order valence-corrected chi connectivity index (χ0v) is 9.35. The predicted molar refractivity (Wildman–Crippen MR) is 60.5 cm³/mol. The van der Waals surface area contributed by atoms with E-state index in [9.17, 15) is 0 Å². The maximum atomic E-state index is 5.79. The van der Waals surface area contributed by atoms with Gasteiger partial charge in [0.15, 0.2) is 0 Å². The third-order valence-electron chi connectivity index (χ3n) is 1.97. The summed E-state index contributed by atoms with van der Waals surface area (Å²) in [5.74, 6) is 0. The first-order valence-electron chi connectivity index (χ1n) is 4.49. The number of fused-ring (bicyclic) bond motifs is 1. The van der Waals surface area contributed by atoms with Gasteiger partial charge in [-0.25, -0.2) is 4.98 Å². The van der Waals surface area contributed by atoms with Gasteiger partial charge in [-0.1, -0.05) is 20.8 Å². The Labute approximate surface area is 87.0 Å². The summed E-state index contributed by atoms with van der Waals surface area (Å²) in [7, 11) is 0. The lowest BCUT2D eigenvalue weighted by Gasteiger charge is -2.13. The molecule has 0 aliphatic rings. The molecule has 2 N–H and O–H groups in total. The van der Waals surface area contributed by atoms with E-state index in [0.717, 1.165) is 15.2 Å². The Kier molecular flexibility index (Phi) is 1.96. The van der Waals surface area contributed by atoms with Crippen molar-refractivity contribution < 1.29 is 0 Å². The summed E-state index contributed by atoms with van der Waals surface area (Å²) in [6.45, 7) is 6.44. The smallest absolute Gasteiger partial charge is 0.108 e. The monoisotopic (exact) mass is 207 g/mol. The predicted octanol–water partition coefficient (Wildman–Crippen LogP) is 2.57. The average Bonchev–Trinajstić information content (AvgIpc) is 2.48. The quantitative estimate of drug-likeness (QED) is 0.722. The molecule has 0 aliphatic heterocycles. The average molecular weight is 207 g/mol. The fourth-order valence-electron chi connectivity index (χ4n) is 1.19. The van der Waals surface area contributed by atoms with Crippen molar-refractivity contribution >= 4 is 27.2 Å². The molecule has 0 bridgehead atoms. The summed E-state index contributed by atoms with van der Waals surface area (Å²) in [5, 5.41) is 1.10. The maximum Gasteiger partial charge on any atom is 0.108 e. The zero-order valence-electron chi connectivity index (χ0n) is 8.53. The van der Waals surface area contributed by atoms with Crippen molar-refractivity contribution in [2.75, 3.05) is 5.73 Å². The van der Waals surface area contributed by atoms with Crippen LogP contribution in [0.4, 0.5) is 5.69 Å². The second-order valence-electron chi connectivity index (χ2n) is 4.34. The molecule has 0 aromatic carbocycles. The summed E-state index contributed by atoms with van der Waals surface area (Å²) in [5.41, 5.74) is 7.42. The van der Waals surface area contributed by atoms with E-state index in [1.54, 1.807) is 17.5 Å². The molecule has 0 unspecified atom stereocenters.